The second-order valence-electron chi connectivity index (χ2n) is 11.3. The van der Waals surface area contributed by atoms with Crippen LogP contribution in [-0.4, -0.2) is 61.2 Å². The van der Waals surface area contributed by atoms with Gasteiger partial charge in [-0.15, -0.1) is 0 Å². The molecule has 176 valence electrons. The Labute approximate surface area is 189 Å². The van der Waals surface area contributed by atoms with Crippen LogP contribution in [0.3, 0.4) is 0 Å². The minimum absolute atomic E-state index is 0.545. The van der Waals surface area contributed by atoms with Crippen LogP contribution in [0.4, 0.5) is 18.9 Å². The van der Waals surface area contributed by atoms with E-state index in [-0.39, 0.29) is 0 Å². The summed E-state index contributed by atoms with van der Waals surface area (Å²) in [5, 5.41) is 0. The third-order valence-electron chi connectivity index (χ3n) is 9.40. The average molecular weight is 448 g/mol. The Morgan fingerprint density at radius 1 is 0.781 bits per heavy atom. The van der Waals surface area contributed by atoms with E-state index in [0.717, 1.165) is 55.9 Å². The highest BCUT2D eigenvalue weighted by molar-refractivity contribution is 5.49. The Morgan fingerprint density at radius 2 is 1.47 bits per heavy atom. The smallest absolute Gasteiger partial charge is 0.369 e. The molecule has 2 aliphatic heterocycles. The van der Waals surface area contributed by atoms with Gasteiger partial charge in [-0.05, 0) is 93.4 Å². The van der Waals surface area contributed by atoms with Gasteiger partial charge in [0.1, 0.15) is 0 Å². The van der Waals surface area contributed by atoms with Gasteiger partial charge in [-0.25, -0.2) is 0 Å². The molecular formula is C26H36F3N3. The molecule has 4 aliphatic carbocycles. The van der Waals surface area contributed by atoms with Crippen molar-refractivity contribution in [2.75, 3.05) is 44.2 Å². The van der Waals surface area contributed by atoms with Crippen molar-refractivity contribution in [3.8, 4) is 0 Å². The molecule has 2 heterocycles. The Hall–Kier alpha value is -1.27. The summed E-state index contributed by atoms with van der Waals surface area (Å²) in [5.74, 6) is 3.95. The van der Waals surface area contributed by atoms with Gasteiger partial charge in [-0.2, -0.15) is 13.2 Å². The Morgan fingerprint density at radius 3 is 2.12 bits per heavy atom. The minimum atomic E-state index is -4.28. The number of halogens is 3. The summed E-state index contributed by atoms with van der Waals surface area (Å²) in [7, 11) is 0. The Balaban J connectivity index is 1.07. The highest BCUT2D eigenvalue weighted by Crippen LogP contribution is 2.55. The maximum atomic E-state index is 13.1. The van der Waals surface area contributed by atoms with Crippen LogP contribution in [0.25, 0.3) is 0 Å². The minimum Gasteiger partial charge on any atom is -0.369 e. The molecule has 4 saturated carbocycles. The standard InChI is InChI=1S/C26H36F3N3/c27-26(28,29)22-3-1-4-23(16-22)30-7-9-31(10-8-30)24-5-2-6-32(17-24)25-20-12-18-11-19(14-20)15-21(25)13-18/h1,3-4,16,18-21,24-25H,2,5-15,17H2. The Kier molecular flexibility index (Phi) is 5.45. The fraction of sp³-hybridized carbons (Fsp3) is 0.769. The van der Waals surface area contributed by atoms with Crippen molar-refractivity contribution in [1.82, 2.24) is 9.80 Å². The van der Waals surface area contributed by atoms with Gasteiger partial charge in [0, 0.05) is 50.5 Å². The molecule has 6 heteroatoms. The lowest BCUT2D eigenvalue weighted by molar-refractivity contribution is -0.137. The molecule has 1 aromatic carbocycles. The lowest BCUT2D eigenvalue weighted by Crippen LogP contribution is -2.61. The van der Waals surface area contributed by atoms with Gasteiger partial charge in [0.2, 0.25) is 0 Å². The molecule has 1 unspecified atom stereocenters. The summed E-state index contributed by atoms with van der Waals surface area (Å²) < 4.78 is 39.3. The number of nitrogens with zero attached hydrogens (tertiary/aromatic N) is 3. The van der Waals surface area contributed by atoms with Gasteiger partial charge in [-0.1, -0.05) is 6.07 Å². The number of piperidine rings is 1. The van der Waals surface area contributed by atoms with Gasteiger partial charge in [-0.3, -0.25) is 9.80 Å². The molecule has 3 nitrogen and oxygen atoms in total. The predicted molar refractivity (Wildman–Crippen MR) is 121 cm³/mol. The van der Waals surface area contributed by atoms with Crippen LogP contribution in [0, 0.1) is 23.7 Å². The first-order valence-electron chi connectivity index (χ1n) is 12.8. The number of piperazine rings is 1. The molecule has 1 aromatic rings. The highest BCUT2D eigenvalue weighted by Gasteiger charge is 2.50. The first-order valence-corrected chi connectivity index (χ1v) is 12.8. The maximum absolute atomic E-state index is 13.1. The molecule has 7 rings (SSSR count). The molecule has 6 fully saturated rings. The summed E-state index contributed by atoms with van der Waals surface area (Å²) in [6.45, 7) is 6.02. The largest absolute Gasteiger partial charge is 0.416 e. The van der Waals surface area contributed by atoms with Gasteiger partial charge in [0.15, 0.2) is 0 Å². The number of hydrogen-bond donors (Lipinski definition) is 0. The van der Waals surface area contributed by atoms with Crippen molar-refractivity contribution in [1.29, 1.82) is 0 Å². The summed E-state index contributed by atoms with van der Waals surface area (Å²) in [6, 6.07) is 7.28. The number of benzene rings is 1. The van der Waals surface area contributed by atoms with E-state index < -0.39 is 11.7 Å². The highest BCUT2D eigenvalue weighted by atomic mass is 19.4. The van der Waals surface area contributed by atoms with Crippen molar-refractivity contribution in [3.05, 3.63) is 29.8 Å². The zero-order valence-corrected chi connectivity index (χ0v) is 18.9. The molecule has 4 bridgehead atoms. The summed E-state index contributed by atoms with van der Waals surface area (Å²) >= 11 is 0. The molecular weight excluding hydrogens is 411 g/mol. The van der Waals surface area contributed by atoms with Crippen molar-refractivity contribution >= 4 is 5.69 Å². The van der Waals surface area contributed by atoms with Crippen LogP contribution >= 0.6 is 0 Å². The monoisotopic (exact) mass is 447 g/mol. The van der Waals surface area contributed by atoms with Crippen LogP contribution in [0.2, 0.25) is 0 Å². The number of hydrogen-bond acceptors (Lipinski definition) is 3. The van der Waals surface area contributed by atoms with E-state index in [4.69, 9.17) is 0 Å². The topological polar surface area (TPSA) is 9.72 Å². The van der Waals surface area contributed by atoms with Crippen LogP contribution in [0.15, 0.2) is 24.3 Å². The summed E-state index contributed by atoms with van der Waals surface area (Å²) in [4.78, 5) is 7.64. The molecule has 0 N–H and O–H groups in total. The van der Waals surface area contributed by atoms with E-state index in [0.29, 0.717) is 11.7 Å². The molecule has 0 spiro atoms. The lowest BCUT2D eigenvalue weighted by Gasteiger charge is -2.58. The number of alkyl halides is 3. The van der Waals surface area contributed by atoms with Gasteiger partial charge >= 0.3 is 6.18 Å². The van der Waals surface area contributed by atoms with Gasteiger partial charge in [0.25, 0.3) is 0 Å². The fourth-order valence-electron chi connectivity index (χ4n) is 8.27. The molecule has 1 atom stereocenters. The second-order valence-corrected chi connectivity index (χ2v) is 11.3. The zero-order chi connectivity index (χ0) is 21.9. The second kappa shape index (κ2) is 8.19. The molecule has 32 heavy (non-hydrogen) atoms. The molecule has 0 aromatic heterocycles. The summed E-state index contributed by atoms with van der Waals surface area (Å²) in [5.41, 5.74) is 0.161. The van der Waals surface area contributed by atoms with E-state index in [1.54, 1.807) is 0 Å². The van der Waals surface area contributed by atoms with Crippen molar-refractivity contribution in [3.63, 3.8) is 0 Å². The number of rotatable bonds is 3. The van der Waals surface area contributed by atoms with E-state index in [9.17, 15) is 13.2 Å². The van der Waals surface area contributed by atoms with E-state index >= 15 is 0 Å². The van der Waals surface area contributed by atoms with Gasteiger partial charge in [0.05, 0.1) is 5.56 Å². The third kappa shape index (κ3) is 3.96. The van der Waals surface area contributed by atoms with E-state index in [1.807, 2.05) is 6.07 Å². The molecule has 0 amide bonds. The third-order valence-corrected chi connectivity index (χ3v) is 9.40. The molecule has 6 aliphatic rings. The summed E-state index contributed by atoms with van der Waals surface area (Å²) in [6.07, 6.45) is 5.72. The first kappa shape index (κ1) is 21.3. The van der Waals surface area contributed by atoms with Crippen molar-refractivity contribution in [2.45, 2.75) is 63.2 Å². The van der Waals surface area contributed by atoms with Crippen LogP contribution in [0.5, 0.6) is 0 Å². The first-order chi connectivity index (χ1) is 15.4. The number of likely N-dealkylation sites (tertiary alicyclic amines) is 1. The SMILES string of the molecule is FC(F)(F)c1cccc(N2CCN(C3CCCN(C4C5CC6CC(C5)CC4C6)C3)CC2)c1. The normalized spacial score (nSPS) is 38.4. The van der Waals surface area contributed by atoms with E-state index in [1.165, 1.54) is 76.2 Å². The number of anilines is 1. The lowest BCUT2D eigenvalue weighted by atomic mass is 9.53. The fourth-order valence-corrected chi connectivity index (χ4v) is 8.27. The molecule has 2 saturated heterocycles. The van der Waals surface area contributed by atoms with Crippen molar-refractivity contribution < 1.29 is 13.2 Å². The van der Waals surface area contributed by atoms with Crippen LogP contribution in [-0.2, 0) is 6.18 Å². The zero-order valence-electron chi connectivity index (χ0n) is 18.9. The molecule has 0 radical (unpaired) electrons. The maximum Gasteiger partial charge on any atom is 0.416 e. The quantitative estimate of drug-likeness (QED) is 0.637. The van der Waals surface area contributed by atoms with Crippen LogP contribution in [0.1, 0.15) is 50.5 Å². The Bertz CT molecular complexity index is 789. The van der Waals surface area contributed by atoms with Gasteiger partial charge < -0.3 is 4.90 Å². The average Bonchev–Trinajstić information content (AvgIpc) is 2.78. The van der Waals surface area contributed by atoms with E-state index in [2.05, 4.69) is 14.7 Å². The predicted octanol–water partition coefficient (Wildman–Crippen LogP) is 5.12. The van der Waals surface area contributed by atoms with Crippen molar-refractivity contribution in [2.24, 2.45) is 23.7 Å². The van der Waals surface area contributed by atoms with Crippen LogP contribution < -0.4 is 4.90 Å².